The summed E-state index contributed by atoms with van der Waals surface area (Å²) in [6.07, 6.45) is 0.119. The summed E-state index contributed by atoms with van der Waals surface area (Å²) in [4.78, 5) is 12.5. The maximum Gasteiger partial charge on any atom is 0.244 e. The summed E-state index contributed by atoms with van der Waals surface area (Å²) in [5.74, 6) is -1.38. The number of ether oxygens (including phenoxy) is 1. The van der Waals surface area contributed by atoms with E-state index in [1.54, 1.807) is 24.3 Å². The van der Waals surface area contributed by atoms with Gasteiger partial charge in [0.05, 0.1) is 6.61 Å². The highest BCUT2D eigenvalue weighted by molar-refractivity contribution is 7.89. The van der Waals surface area contributed by atoms with Crippen molar-refractivity contribution in [1.29, 1.82) is 0 Å². The molecule has 0 saturated heterocycles. The van der Waals surface area contributed by atoms with Gasteiger partial charge in [0, 0.05) is 13.2 Å². The highest BCUT2D eigenvalue weighted by Gasteiger charge is 2.27. The van der Waals surface area contributed by atoms with Gasteiger partial charge < -0.3 is 10.1 Å². The second-order valence-corrected chi connectivity index (χ2v) is 9.15. The Morgan fingerprint density at radius 2 is 1.55 bits per heavy atom. The van der Waals surface area contributed by atoms with Crippen molar-refractivity contribution in [2.45, 2.75) is 37.4 Å². The van der Waals surface area contributed by atoms with E-state index in [-0.39, 0.29) is 13.0 Å². The van der Waals surface area contributed by atoms with E-state index in [1.807, 2.05) is 37.3 Å². The van der Waals surface area contributed by atoms with Gasteiger partial charge in [-0.2, -0.15) is 4.72 Å². The van der Waals surface area contributed by atoms with Crippen molar-refractivity contribution in [2.24, 2.45) is 0 Å². The van der Waals surface area contributed by atoms with Crippen LogP contribution in [0.1, 0.15) is 23.6 Å². The zero-order valence-corrected chi connectivity index (χ0v) is 19.1. The number of sulfonamides is 1. The minimum atomic E-state index is -4.25. The first-order valence-electron chi connectivity index (χ1n) is 10.6. The van der Waals surface area contributed by atoms with Crippen LogP contribution in [0.5, 0.6) is 0 Å². The first-order chi connectivity index (χ1) is 15.9. The van der Waals surface area contributed by atoms with Crippen LogP contribution in [0.4, 0.5) is 4.39 Å². The first-order valence-corrected chi connectivity index (χ1v) is 12.1. The van der Waals surface area contributed by atoms with Crippen LogP contribution in [0.2, 0.25) is 0 Å². The highest BCUT2D eigenvalue weighted by atomic mass is 32.2. The Balaban J connectivity index is 1.73. The molecule has 33 heavy (non-hydrogen) atoms. The minimum absolute atomic E-state index is 0.119. The number of hydrogen-bond donors (Lipinski definition) is 2. The molecule has 0 fully saturated rings. The van der Waals surface area contributed by atoms with Crippen LogP contribution in [-0.4, -0.2) is 27.0 Å². The molecule has 0 aliphatic carbocycles. The Bertz CT molecular complexity index is 1150. The van der Waals surface area contributed by atoms with Gasteiger partial charge in [0.25, 0.3) is 0 Å². The Kier molecular flexibility index (Phi) is 8.71. The fourth-order valence-electron chi connectivity index (χ4n) is 3.24. The van der Waals surface area contributed by atoms with E-state index >= 15 is 0 Å². The van der Waals surface area contributed by atoms with Crippen LogP contribution in [0.15, 0.2) is 83.8 Å². The molecule has 0 aliphatic rings. The third kappa shape index (κ3) is 7.21. The molecule has 0 saturated carbocycles. The second-order valence-electron chi connectivity index (χ2n) is 7.47. The van der Waals surface area contributed by atoms with E-state index in [2.05, 4.69) is 10.0 Å². The molecule has 8 heteroatoms. The molecule has 0 heterocycles. The number of carbonyl (C=O) groups excluding carboxylic acids is 1. The molecule has 0 bridgehead atoms. The number of hydrogen-bond acceptors (Lipinski definition) is 4. The standard InChI is InChI=1S/C25H27FN2O4S/c1-2-32-18-21-14-12-20(13-15-21)17-27-25(29)23(16-19-8-4-3-5-9-19)28-33(30,31)24-11-7-6-10-22(24)26/h3-15,23,28H,2,16-18H2,1H3,(H,27,29). The highest BCUT2D eigenvalue weighted by Crippen LogP contribution is 2.15. The van der Waals surface area contributed by atoms with Gasteiger partial charge in [-0.3, -0.25) is 4.79 Å². The molecule has 6 nitrogen and oxygen atoms in total. The van der Waals surface area contributed by atoms with Crippen LogP contribution in [-0.2, 0) is 39.1 Å². The van der Waals surface area contributed by atoms with Crippen molar-refractivity contribution >= 4 is 15.9 Å². The van der Waals surface area contributed by atoms with Crippen LogP contribution in [0, 0.1) is 5.82 Å². The quantitative estimate of drug-likeness (QED) is 0.449. The summed E-state index contributed by atoms with van der Waals surface area (Å²) in [5.41, 5.74) is 2.65. The largest absolute Gasteiger partial charge is 0.377 e. The van der Waals surface area contributed by atoms with E-state index in [9.17, 15) is 17.6 Å². The third-order valence-electron chi connectivity index (χ3n) is 4.99. The SMILES string of the molecule is CCOCc1ccc(CNC(=O)C(Cc2ccccc2)NS(=O)(=O)c2ccccc2F)cc1. The third-order valence-corrected chi connectivity index (χ3v) is 6.49. The molecule has 1 atom stereocenters. The van der Waals surface area contributed by atoms with Gasteiger partial charge in [-0.05, 0) is 42.2 Å². The minimum Gasteiger partial charge on any atom is -0.377 e. The van der Waals surface area contributed by atoms with E-state index in [0.29, 0.717) is 13.2 Å². The van der Waals surface area contributed by atoms with Gasteiger partial charge in [-0.15, -0.1) is 0 Å². The first kappa shape index (κ1) is 24.6. The second kappa shape index (κ2) is 11.7. The molecule has 0 radical (unpaired) electrons. The number of nitrogens with one attached hydrogen (secondary N) is 2. The molecule has 3 rings (SSSR count). The number of carbonyl (C=O) groups is 1. The van der Waals surface area contributed by atoms with Crippen LogP contribution < -0.4 is 10.0 Å². The molecule has 1 unspecified atom stereocenters. The van der Waals surface area contributed by atoms with Crippen LogP contribution in [0.25, 0.3) is 0 Å². The fourth-order valence-corrected chi connectivity index (χ4v) is 4.51. The lowest BCUT2D eigenvalue weighted by Gasteiger charge is -2.19. The molecular formula is C25H27FN2O4S. The van der Waals surface area contributed by atoms with Gasteiger partial charge >= 0.3 is 0 Å². The lowest BCUT2D eigenvalue weighted by molar-refractivity contribution is -0.122. The Hall–Kier alpha value is -3.07. The Morgan fingerprint density at radius 3 is 2.21 bits per heavy atom. The molecular weight excluding hydrogens is 443 g/mol. The lowest BCUT2D eigenvalue weighted by atomic mass is 10.1. The smallest absolute Gasteiger partial charge is 0.244 e. The molecule has 2 N–H and O–H groups in total. The molecule has 0 aromatic heterocycles. The lowest BCUT2D eigenvalue weighted by Crippen LogP contribution is -2.47. The average Bonchev–Trinajstić information content (AvgIpc) is 2.82. The molecule has 1 amide bonds. The zero-order valence-electron chi connectivity index (χ0n) is 18.3. The zero-order chi connectivity index (χ0) is 23.7. The predicted octanol–water partition coefficient (Wildman–Crippen LogP) is 3.57. The van der Waals surface area contributed by atoms with Crippen molar-refractivity contribution < 1.29 is 22.3 Å². The number of benzene rings is 3. The monoisotopic (exact) mass is 470 g/mol. The van der Waals surface area contributed by atoms with Crippen LogP contribution >= 0.6 is 0 Å². The van der Waals surface area contributed by atoms with Crippen molar-refractivity contribution in [3.05, 3.63) is 101 Å². The molecule has 3 aromatic carbocycles. The van der Waals surface area contributed by atoms with E-state index in [1.165, 1.54) is 18.2 Å². The summed E-state index contributed by atoms with van der Waals surface area (Å²) in [6.45, 7) is 3.29. The molecule has 174 valence electrons. The van der Waals surface area contributed by atoms with E-state index < -0.39 is 32.7 Å². The predicted molar refractivity (Wildman–Crippen MR) is 124 cm³/mol. The summed E-state index contributed by atoms with van der Waals surface area (Å²) < 4.78 is 47.5. The fraction of sp³-hybridized carbons (Fsp3) is 0.240. The number of halogens is 1. The molecule has 3 aromatic rings. The van der Waals surface area contributed by atoms with Gasteiger partial charge in [0.1, 0.15) is 16.8 Å². The maximum absolute atomic E-state index is 14.1. The van der Waals surface area contributed by atoms with Crippen molar-refractivity contribution in [3.8, 4) is 0 Å². The summed E-state index contributed by atoms with van der Waals surface area (Å²) >= 11 is 0. The summed E-state index contributed by atoms with van der Waals surface area (Å²) in [6, 6.07) is 20.6. The Morgan fingerprint density at radius 1 is 0.909 bits per heavy atom. The topological polar surface area (TPSA) is 84.5 Å². The van der Waals surface area contributed by atoms with E-state index in [0.717, 1.165) is 22.8 Å². The Labute approximate surface area is 193 Å². The van der Waals surface area contributed by atoms with Gasteiger partial charge in [-0.25, -0.2) is 12.8 Å². The normalized spacial score (nSPS) is 12.3. The van der Waals surface area contributed by atoms with Gasteiger partial charge in [-0.1, -0.05) is 66.7 Å². The average molecular weight is 471 g/mol. The van der Waals surface area contributed by atoms with Crippen molar-refractivity contribution in [1.82, 2.24) is 10.0 Å². The van der Waals surface area contributed by atoms with Crippen LogP contribution in [0.3, 0.4) is 0 Å². The van der Waals surface area contributed by atoms with Crippen molar-refractivity contribution in [2.75, 3.05) is 6.61 Å². The summed E-state index contributed by atoms with van der Waals surface area (Å²) in [5, 5.41) is 2.78. The van der Waals surface area contributed by atoms with Gasteiger partial charge in [0.15, 0.2) is 0 Å². The molecule has 0 aliphatic heterocycles. The number of amides is 1. The maximum atomic E-state index is 14.1. The van der Waals surface area contributed by atoms with Gasteiger partial charge in [0.2, 0.25) is 15.9 Å². The summed E-state index contributed by atoms with van der Waals surface area (Å²) in [7, 11) is -4.25. The number of rotatable bonds is 11. The van der Waals surface area contributed by atoms with Crippen molar-refractivity contribution in [3.63, 3.8) is 0 Å². The molecule has 0 spiro atoms. The van der Waals surface area contributed by atoms with E-state index in [4.69, 9.17) is 4.74 Å².